The highest BCUT2D eigenvalue weighted by Crippen LogP contribution is 2.30. The van der Waals surface area contributed by atoms with Gasteiger partial charge in [0.1, 0.15) is 5.82 Å². The number of amides is 1. The van der Waals surface area contributed by atoms with Gasteiger partial charge in [0.05, 0.1) is 11.3 Å². The Morgan fingerprint density at radius 3 is 2.43 bits per heavy atom. The third-order valence-corrected chi connectivity index (χ3v) is 6.48. The molecule has 30 heavy (non-hydrogen) atoms. The van der Waals surface area contributed by atoms with Gasteiger partial charge in [-0.25, -0.2) is 14.0 Å². The molecule has 0 spiro atoms. The van der Waals surface area contributed by atoms with Crippen LogP contribution in [-0.4, -0.2) is 44.0 Å². The number of aryl methyl sites for hydroxylation is 1. The second kappa shape index (κ2) is 8.92. The highest BCUT2D eigenvalue weighted by atomic mass is 32.2. The number of piperidine rings is 1. The smallest absolute Gasteiger partial charge is 0.339 e. The summed E-state index contributed by atoms with van der Waals surface area (Å²) in [5.74, 6) is 1.95. The number of likely N-dealkylation sites (tertiary alicyclic amines) is 1. The van der Waals surface area contributed by atoms with E-state index in [-0.39, 0.29) is 17.5 Å². The zero-order chi connectivity index (χ0) is 21.1. The molecule has 0 aliphatic carbocycles. The monoisotopic (exact) mass is 422 g/mol. The van der Waals surface area contributed by atoms with Crippen LogP contribution in [-0.2, 0) is 7.05 Å². The summed E-state index contributed by atoms with van der Waals surface area (Å²) < 4.78 is 3.10. The van der Waals surface area contributed by atoms with E-state index >= 15 is 0 Å². The van der Waals surface area contributed by atoms with Crippen LogP contribution in [0.5, 0.6) is 0 Å². The van der Waals surface area contributed by atoms with Gasteiger partial charge in [0.25, 0.3) is 5.91 Å². The van der Waals surface area contributed by atoms with Crippen molar-refractivity contribution in [2.75, 3.05) is 18.8 Å². The van der Waals surface area contributed by atoms with Crippen molar-refractivity contribution in [3.05, 3.63) is 76.5 Å². The summed E-state index contributed by atoms with van der Waals surface area (Å²) in [5.41, 5.74) is 1.47. The molecular formula is C23H26N4O2S. The molecule has 1 saturated heterocycles. The highest BCUT2D eigenvalue weighted by Gasteiger charge is 2.29. The highest BCUT2D eigenvalue weighted by molar-refractivity contribution is 7.99. The lowest BCUT2D eigenvalue weighted by atomic mass is 9.95. The fourth-order valence-corrected chi connectivity index (χ4v) is 4.80. The maximum absolute atomic E-state index is 13.1. The number of rotatable bonds is 5. The summed E-state index contributed by atoms with van der Waals surface area (Å²) in [7, 11) is 1.69. The third-order valence-electron chi connectivity index (χ3n) is 5.53. The molecule has 1 aliphatic rings. The Morgan fingerprint density at radius 2 is 1.73 bits per heavy atom. The lowest BCUT2D eigenvalue weighted by molar-refractivity contribution is 0.0707. The normalized spacial score (nSPS) is 14.8. The second-order valence-corrected chi connectivity index (χ2v) is 8.74. The summed E-state index contributed by atoms with van der Waals surface area (Å²) >= 11 is 1.70. The van der Waals surface area contributed by atoms with Crippen LogP contribution in [0.1, 0.15) is 41.9 Å². The van der Waals surface area contributed by atoms with Gasteiger partial charge in [0, 0.05) is 31.0 Å². The molecule has 0 bridgehead atoms. The quantitative estimate of drug-likeness (QED) is 0.588. The number of carbonyl (C=O) groups is 1. The van der Waals surface area contributed by atoms with Gasteiger partial charge in [0.15, 0.2) is 0 Å². The summed E-state index contributed by atoms with van der Waals surface area (Å²) in [6.07, 6.45) is 1.58. The summed E-state index contributed by atoms with van der Waals surface area (Å²) in [4.78, 5) is 28.8. The van der Waals surface area contributed by atoms with E-state index in [9.17, 15) is 9.59 Å². The molecule has 0 radical (unpaired) electrons. The summed E-state index contributed by atoms with van der Waals surface area (Å²) in [6.45, 7) is 3.42. The number of hydrogen-bond donors (Lipinski definition) is 0. The van der Waals surface area contributed by atoms with Gasteiger partial charge in [-0.1, -0.05) is 37.3 Å². The van der Waals surface area contributed by atoms with Gasteiger partial charge in [-0.3, -0.25) is 4.79 Å². The van der Waals surface area contributed by atoms with Crippen LogP contribution in [0.25, 0.3) is 5.69 Å². The average molecular weight is 423 g/mol. The molecule has 2 heterocycles. The zero-order valence-electron chi connectivity index (χ0n) is 17.3. The van der Waals surface area contributed by atoms with Crippen molar-refractivity contribution in [1.29, 1.82) is 0 Å². The van der Waals surface area contributed by atoms with E-state index in [1.54, 1.807) is 23.4 Å². The first kappa shape index (κ1) is 20.5. The fourth-order valence-electron chi connectivity index (χ4n) is 4.00. The zero-order valence-corrected chi connectivity index (χ0v) is 18.1. The van der Waals surface area contributed by atoms with Crippen molar-refractivity contribution < 1.29 is 4.79 Å². The van der Waals surface area contributed by atoms with Crippen molar-refractivity contribution >= 4 is 17.7 Å². The maximum atomic E-state index is 13.1. The number of nitrogens with zero attached hydrogens (tertiary/aromatic N) is 4. The number of thioether (sulfide) groups is 1. The molecule has 1 amide bonds. The maximum Gasteiger partial charge on any atom is 0.350 e. The number of aromatic nitrogens is 3. The van der Waals surface area contributed by atoms with Gasteiger partial charge in [-0.2, -0.15) is 5.10 Å². The first-order chi connectivity index (χ1) is 14.6. The predicted octanol–water partition coefficient (Wildman–Crippen LogP) is 3.70. The Kier molecular flexibility index (Phi) is 6.08. The molecule has 0 unspecified atom stereocenters. The van der Waals surface area contributed by atoms with Crippen LogP contribution >= 0.6 is 11.8 Å². The molecule has 1 aliphatic heterocycles. The summed E-state index contributed by atoms with van der Waals surface area (Å²) in [5, 5.41) is 4.54. The molecule has 3 aromatic rings. The van der Waals surface area contributed by atoms with E-state index in [1.807, 2.05) is 59.5 Å². The third kappa shape index (κ3) is 3.94. The van der Waals surface area contributed by atoms with Crippen LogP contribution in [0.3, 0.4) is 0 Å². The standard InChI is InChI=1S/C23H26N4O2S/c1-3-30-20-12-8-7-11-19(20)22(28)26-15-13-17(14-16-26)21-24-25(2)23(29)27(21)18-9-5-4-6-10-18/h4-12,17H,3,13-16H2,1-2H3. The van der Waals surface area contributed by atoms with Crippen molar-refractivity contribution in [1.82, 2.24) is 19.2 Å². The predicted molar refractivity (Wildman–Crippen MR) is 120 cm³/mol. The molecule has 6 nitrogen and oxygen atoms in total. The molecule has 1 aromatic heterocycles. The van der Waals surface area contributed by atoms with Crippen LogP contribution in [0.15, 0.2) is 64.3 Å². The fraction of sp³-hybridized carbons (Fsp3) is 0.348. The Bertz CT molecular complexity index is 1080. The van der Waals surface area contributed by atoms with Crippen LogP contribution < -0.4 is 5.69 Å². The number of para-hydroxylation sites is 1. The van der Waals surface area contributed by atoms with Gasteiger partial charge in [-0.05, 0) is 42.9 Å². The minimum absolute atomic E-state index is 0.0893. The van der Waals surface area contributed by atoms with Crippen LogP contribution in [0, 0.1) is 0 Å². The van der Waals surface area contributed by atoms with Gasteiger partial charge < -0.3 is 4.90 Å². The minimum Gasteiger partial charge on any atom is -0.339 e. The Hall–Kier alpha value is -2.80. The molecular weight excluding hydrogens is 396 g/mol. The molecule has 1 fully saturated rings. The van der Waals surface area contributed by atoms with Gasteiger partial charge in [0.2, 0.25) is 0 Å². The minimum atomic E-state index is -0.139. The molecule has 0 N–H and O–H groups in total. The Balaban J connectivity index is 1.53. The van der Waals surface area contributed by atoms with Gasteiger partial charge >= 0.3 is 5.69 Å². The van der Waals surface area contributed by atoms with Crippen molar-refractivity contribution in [2.24, 2.45) is 7.05 Å². The first-order valence-corrected chi connectivity index (χ1v) is 11.3. The van der Waals surface area contributed by atoms with Crippen molar-refractivity contribution in [2.45, 2.75) is 30.6 Å². The molecule has 4 rings (SSSR count). The SMILES string of the molecule is CCSc1ccccc1C(=O)N1CCC(c2nn(C)c(=O)n2-c2ccccc2)CC1. The van der Waals surface area contributed by atoms with Crippen LogP contribution in [0.4, 0.5) is 0 Å². The lowest BCUT2D eigenvalue weighted by Gasteiger charge is -2.32. The van der Waals surface area contributed by atoms with Crippen LogP contribution in [0.2, 0.25) is 0 Å². The summed E-state index contributed by atoms with van der Waals surface area (Å²) in [6, 6.07) is 17.5. The largest absolute Gasteiger partial charge is 0.350 e. The molecule has 156 valence electrons. The Labute approximate surface area is 180 Å². The van der Waals surface area contributed by atoms with E-state index < -0.39 is 0 Å². The molecule has 0 saturated carbocycles. The topological polar surface area (TPSA) is 60.1 Å². The van der Waals surface area contributed by atoms with E-state index in [1.165, 1.54) is 4.68 Å². The number of benzene rings is 2. The van der Waals surface area contributed by atoms with Gasteiger partial charge in [-0.15, -0.1) is 11.8 Å². The Morgan fingerprint density at radius 1 is 1.07 bits per heavy atom. The van der Waals surface area contributed by atoms with Crippen molar-refractivity contribution in [3.63, 3.8) is 0 Å². The molecule has 2 aromatic carbocycles. The second-order valence-electron chi connectivity index (χ2n) is 7.43. The van der Waals surface area contributed by atoms with E-state index in [0.717, 1.165) is 40.6 Å². The molecule has 0 atom stereocenters. The van der Waals surface area contributed by atoms with E-state index in [0.29, 0.717) is 13.1 Å². The lowest BCUT2D eigenvalue weighted by Crippen LogP contribution is -2.38. The average Bonchev–Trinajstić information content (AvgIpc) is 3.09. The van der Waals surface area contributed by atoms with E-state index in [4.69, 9.17) is 0 Å². The number of hydrogen-bond acceptors (Lipinski definition) is 4. The first-order valence-electron chi connectivity index (χ1n) is 10.3. The van der Waals surface area contributed by atoms with Crippen molar-refractivity contribution in [3.8, 4) is 5.69 Å². The number of carbonyl (C=O) groups excluding carboxylic acids is 1. The molecule has 7 heteroatoms. The van der Waals surface area contributed by atoms with E-state index in [2.05, 4.69) is 12.0 Å².